The molecule has 11 heteroatoms. The highest BCUT2D eigenvalue weighted by atomic mass is 32.2. The molecule has 2 aromatic rings. The van der Waals surface area contributed by atoms with E-state index in [1.165, 1.54) is 20.2 Å². The number of alkyl halides is 3. The van der Waals surface area contributed by atoms with Crippen molar-refractivity contribution in [2.24, 2.45) is 0 Å². The molecule has 0 atom stereocenters. The van der Waals surface area contributed by atoms with Crippen molar-refractivity contribution in [3.05, 3.63) is 63.7 Å². The number of hydrogen-bond acceptors (Lipinski definition) is 5. The second kappa shape index (κ2) is 7.53. The summed E-state index contributed by atoms with van der Waals surface area (Å²) in [5.74, 6) is 0.117. The van der Waals surface area contributed by atoms with Gasteiger partial charge in [-0.25, -0.2) is 8.42 Å². The summed E-state index contributed by atoms with van der Waals surface area (Å²) in [5.41, 5.74) is -1.22. The van der Waals surface area contributed by atoms with Crippen molar-refractivity contribution in [2.75, 3.05) is 14.2 Å². The Labute approximate surface area is 153 Å². The predicted octanol–water partition coefficient (Wildman–Crippen LogP) is 3.44. The van der Waals surface area contributed by atoms with Crippen LogP contribution in [0.2, 0.25) is 0 Å². The third-order valence-corrected chi connectivity index (χ3v) is 5.59. The molecular weight excluding hydrogens is 389 g/mol. The Morgan fingerprint density at radius 3 is 2.22 bits per heavy atom. The smallest absolute Gasteiger partial charge is 0.416 e. The Bertz CT molecular complexity index is 944. The average Bonchev–Trinajstić information content (AvgIpc) is 2.60. The van der Waals surface area contributed by atoms with Gasteiger partial charge in [-0.2, -0.15) is 17.5 Å². The number of nitrogens with zero attached hydrogens (tertiary/aromatic N) is 2. The van der Waals surface area contributed by atoms with Crippen molar-refractivity contribution in [2.45, 2.75) is 17.6 Å². The van der Waals surface area contributed by atoms with Gasteiger partial charge in [-0.1, -0.05) is 12.1 Å². The number of nitro groups is 1. The minimum atomic E-state index is -4.50. The number of hydrogen-bond donors (Lipinski definition) is 0. The summed E-state index contributed by atoms with van der Waals surface area (Å²) in [6.45, 7) is -0.260. The van der Waals surface area contributed by atoms with E-state index in [4.69, 9.17) is 4.74 Å². The summed E-state index contributed by atoms with van der Waals surface area (Å²) < 4.78 is 68.8. The first-order valence-corrected chi connectivity index (χ1v) is 8.85. The molecule has 146 valence electrons. The number of benzene rings is 2. The van der Waals surface area contributed by atoms with E-state index in [0.29, 0.717) is 5.56 Å². The maximum atomic E-state index is 12.7. The normalized spacial score (nSPS) is 12.2. The van der Waals surface area contributed by atoms with Crippen LogP contribution in [0, 0.1) is 10.1 Å². The molecule has 0 heterocycles. The van der Waals surface area contributed by atoms with Gasteiger partial charge in [0.1, 0.15) is 5.75 Å². The summed E-state index contributed by atoms with van der Waals surface area (Å²) in [6, 6.07) is 7.28. The molecule has 0 amide bonds. The fraction of sp³-hybridized carbons (Fsp3) is 0.250. The van der Waals surface area contributed by atoms with Crippen LogP contribution in [0.4, 0.5) is 18.9 Å². The summed E-state index contributed by atoms with van der Waals surface area (Å²) in [5, 5.41) is 11.2. The van der Waals surface area contributed by atoms with Gasteiger partial charge in [0.25, 0.3) is 5.69 Å². The van der Waals surface area contributed by atoms with Crippen molar-refractivity contribution in [1.29, 1.82) is 0 Å². The van der Waals surface area contributed by atoms with Crippen LogP contribution in [0.1, 0.15) is 11.1 Å². The molecule has 2 aromatic carbocycles. The van der Waals surface area contributed by atoms with Crippen molar-refractivity contribution in [3.8, 4) is 5.75 Å². The zero-order valence-electron chi connectivity index (χ0n) is 14.2. The van der Waals surface area contributed by atoms with Gasteiger partial charge in [-0.3, -0.25) is 10.1 Å². The quantitative estimate of drug-likeness (QED) is 0.543. The van der Waals surface area contributed by atoms with Crippen LogP contribution in [0.3, 0.4) is 0 Å². The topological polar surface area (TPSA) is 89.8 Å². The SMILES string of the molecule is COc1ccc(S(=O)(=O)N(C)Cc2ccc(C(F)(F)F)cc2)c([N+](=O)[O-])c1. The van der Waals surface area contributed by atoms with E-state index in [9.17, 15) is 31.7 Å². The Morgan fingerprint density at radius 1 is 1.15 bits per heavy atom. The summed E-state index contributed by atoms with van der Waals surface area (Å²) >= 11 is 0. The highest BCUT2D eigenvalue weighted by Gasteiger charge is 2.32. The van der Waals surface area contributed by atoms with Gasteiger partial charge in [-0.15, -0.1) is 0 Å². The largest absolute Gasteiger partial charge is 0.497 e. The van der Waals surface area contributed by atoms with Crippen LogP contribution >= 0.6 is 0 Å². The fourth-order valence-corrected chi connectivity index (χ4v) is 3.59. The molecule has 0 bridgehead atoms. The fourth-order valence-electron chi connectivity index (χ4n) is 2.29. The molecule has 2 rings (SSSR count). The van der Waals surface area contributed by atoms with E-state index in [-0.39, 0.29) is 12.3 Å². The zero-order valence-corrected chi connectivity index (χ0v) is 15.0. The van der Waals surface area contributed by atoms with Crippen molar-refractivity contribution < 1.29 is 31.2 Å². The van der Waals surface area contributed by atoms with E-state index in [1.807, 2.05) is 0 Å². The number of nitro benzene ring substituents is 1. The lowest BCUT2D eigenvalue weighted by molar-refractivity contribution is -0.387. The molecule has 0 spiro atoms. The van der Waals surface area contributed by atoms with Gasteiger partial charge in [0, 0.05) is 13.6 Å². The number of ether oxygens (including phenoxy) is 1. The monoisotopic (exact) mass is 404 g/mol. The Morgan fingerprint density at radius 2 is 1.74 bits per heavy atom. The molecular formula is C16H15F3N2O5S. The summed E-state index contributed by atoms with van der Waals surface area (Å²) in [6.07, 6.45) is -4.50. The van der Waals surface area contributed by atoms with Crippen molar-refractivity contribution >= 4 is 15.7 Å². The summed E-state index contributed by atoms with van der Waals surface area (Å²) in [4.78, 5) is 9.82. The van der Waals surface area contributed by atoms with Crippen LogP contribution in [-0.4, -0.2) is 31.8 Å². The average molecular weight is 404 g/mol. The van der Waals surface area contributed by atoms with Gasteiger partial charge in [0.15, 0.2) is 4.90 Å². The Kier molecular flexibility index (Phi) is 5.76. The zero-order chi connectivity index (χ0) is 20.4. The van der Waals surface area contributed by atoms with Gasteiger partial charge in [0.05, 0.1) is 23.7 Å². The van der Waals surface area contributed by atoms with Crippen LogP contribution < -0.4 is 4.74 Å². The highest BCUT2D eigenvalue weighted by molar-refractivity contribution is 7.89. The lowest BCUT2D eigenvalue weighted by Crippen LogP contribution is -2.27. The van der Waals surface area contributed by atoms with Crippen molar-refractivity contribution in [3.63, 3.8) is 0 Å². The van der Waals surface area contributed by atoms with Gasteiger partial charge in [0.2, 0.25) is 10.0 Å². The third-order valence-electron chi connectivity index (χ3n) is 3.74. The Balaban J connectivity index is 2.33. The maximum Gasteiger partial charge on any atom is 0.416 e. The number of rotatable bonds is 6. The molecule has 0 saturated carbocycles. The maximum absolute atomic E-state index is 12.7. The molecule has 7 nitrogen and oxygen atoms in total. The Hall–Kier alpha value is -2.66. The molecule has 0 aromatic heterocycles. The first-order valence-electron chi connectivity index (χ1n) is 7.41. The molecule has 0 saturated heterocycles. The van der Waals surface area contributed by atoms with E-state index in [2.05, 4.69) is 0 Å². The molecule has 0 aliphatic rings. The number of halogens is 3. The molecule has 0 radical (unpaired) electrons. The first kappa shape index (κ1) is 20.6. The van der Waals surface area contributed by atoms with Gasteiger partial charge >= 0.3 is 6.18 Å². The number of sulfonamides is 1. The van der Waals surface area contributed by atoms with E-state index >= 15 is 0 Å². The van der Waals surface area contributed by atoms with Crippen LogP contribution in [-0.2, 0) is 22.7 Å². The minimum absolute atomic E-state index is 0.117. The minimum Gasteiger partial charge on any atom is -0.497 e. The third kappa shape index (κ3) is 4.55. The van der Waals surface area contributed by atoms with Crippen molar-refractivity contribution in [1.82, 2.24) is 4.31 Å². The van der Waals surface area contributed by atoms with E-state index in [0.717, 1.165) is 40.7 Å². The molecule has 27 heavy (non-hydrogen) atoms. The lowest BCUT2D eigenvalue weighted by Gasteiger charge is -2.18. The summed E-state index contributed by atoms with van der Waals surface area (Å²) in [7, 11) is -1.80. The van der Waals surface area contributed by atoms with E-state index < -0.39 is 37.3 Å². The van der Waals surface area contributed by atoms with Gasteiger partial charge < -0.3 is 4.74 Å². The second-order valence-electron chi connectivity index (χ2n) is 5.55. The lowest BCUT2D eigenvalue weighted by atomic mass is 10.1. The highest BCUT2D eigenvalue weighted by Crippen LogP contribution is 2.31. The number of methoxy groups -OCH3 is 1. The van der Waals surface area contributed by atoms with Gasteiger partial charge in [-0.05, 0) is 29.8 Å². The molecule has 0 aliphatic heterocycles. The molecule has 0 unspecified atom stereocenters. The first-order chi connectivity index (χ1) is 12.5. The predicted molar refractivity (Wildman–Crippen MR) is 89.7 cm³/mol. The molecule has 0 aliphatic carbocycles. The second-order valence-corrected chi connectivity index (χ2v) is 7.56. The molecule has 0 N–H and O–H groups in total. The van der Waals surface area contributed by atoms with Crippen LogP contribution in [0.25, 0.3) is 0 Å². The van der Waals surface area contributed by atoms with Crippen LogP contribution in [0.5, 0.6) is 5.75 Å². The molecule has 0 fully saturated rings. The standard InChI is InChI=1S/C16H15F3N2O5S/c1-20(10-11-3-5-12(6-4-11)16(17,18)19)27(24,25)15-8-7-13(26-2)9-14(15)21(22)23/h3-9H,10H2,1-2H3. The van der Waals surface area contributed by atoms with Crippen LogP contribution in [0.15, 0.2) is 47.4 Å². The van der Waals surface area contributed by atoms with E-state index in [1.54, 1.807) is 0 Å².